The number of carbonyl (C=O) groups is 1. The number of piperidine rings is 1. The Morgan fingerprint density at radius 3 is 2.72 bits per heavy atom. The van der Waals surface area contributed by atoms with Gasteiger partial charge in [-0.15, -0.1) is 0 Å². The summed E-state index contributed by atoms with van der Waals surface area (Å²) in [5.41, 5.74) is 0. The Kier molecular flexibility index (Phi) is 5.90. The van der Waals surface area contributed by atoms with Crippen LogP contribution in [0.1, 0.15) is 19.3 Å². The monoisotopic (exact) mass is 255 g/mol. The van der Waals surface area contributed by atoms with Crippen molar-refractivity contribution < 1.29 is 9.53 Å². The molecule has 0 radical (unpaired) electrons. The Morgan fingerprint density at radius 2 is 2.00 bits per heavy atom. The molecule has 2 heterocycles. The minimum Gasteiger partial charge on any atom is -0.379 e. The van der Waals surface area contributed by atoms with Crippen LogP contribution in [0.2, 0.25) is 0 Å². The van der Waals surface area contributed by atoms with Crippen LogP contribution in [0.25, 0.3) is 0 Å². The highest BCUT2D eigenvalue weighted by atomic mass is 16.5. The summed E-state index contributed by atoms with van der Waals surface area (Å²) in [5, 5.41) is 6.35. The van der Waals surface area contributed by atoms with E-state index in [1.54, 1.807) is 0 Å². The molecule has 2 fully saturated rings. The first kappa shape index (κ1) is 13.8. The van der Waals surface area contributed by atoms with E-state index in [4.69, 9.17) is 4.74 Å². The van der Waals surface area contributed by atoms with Gasteiger partial charge in [0.1, 0.15) is 0 Å². The number of nitrogens with one attached hydrogen (secondary N) is 2. The number of carbonyl (C=O) groups excluding carboxylic acids is 1. The molecule has 0 spiro atoms. The lowest BCUT2D eigenvalue weighted by Crippen LogP contribution is -2.40. The van der Waals surface area contributed by atoms with Crippen LogP contribution < -0.4 is 10.6 Å². The van der Waals surface area contributed by atoms with Gasteiger partial charge in [-0.1, -0.05) is 0 Å². The quantitative estimate of drug-likeness (QED) is 0.670. The molecular weight excluding hydrogens is 230 g/mol. The first-order valence-corrected chi connectivity index (χ1v) is 7.15. The molecule has 0 saturated carbocycles. The van der Waals surface area contributed by atoms with Gasteiger partial charge in [0.15, 0.2) is 0 Å². The fraction of sp³-hybridized carbons (Fsp3) is 0.923. The average molecular weight is 255 g/mol. The molecule has 0 aromatic rings. The molecule has 0 atom stereocenters. The van der Waals surface area contributed by atoms with Crippen molar-refractivity contribution in [1.29, 1.82) is 0 Å². The van der Waals surface area contributed by atoms with Crippen LogP contribution >= 0.6 is 0 Å². The van der Waals surface area contributed by atoms with Gasteiger partial charge in [-0.3, -0.25) is 9.69 Å². The molecule has 0 aliphatic carbocycles. The zero-order valence-corrected chi connectivity index (χ0v) is 11.1. The van der Waals surface area contributed by atoms with E-state index in [1.165, 1.54) is 0 Å². The predicted molar refractivity (Wildman–Crippen MR) is 70.5 cm³/mol. The van der Waals surface area contributed by atoms with Crippen molar-refractivity contribution in [2.24, 2.45) is 5.92 Å². The maximum atomic E-state index is 11.9. The molecule has 2 N–H and O–H groups in total. The van der Waals surface area contributed by atoms with Crippen molar-refractivity contribution in [2.75, 3.05) is 52.5 Å². The summed E-state index contributed by atoms with van der Waals surface area (Å²) in [4.78, 5) is 14.3. The molecule has 2 saturated heterocycles. The van der Waals surface area contributed by atoms with Gasteiger partial charge in [-0.25, -0.2) is 0 Å². The van der Waals surface area contributed by atoms with Gasteiger partial charge in [-0.05, 0) is 38.9 Å². The number of rotatable bonds is 5. The van der Waals surface area contributed by atoms with Gasteiger partial charge in [0.05, 0.1) is 13.2 Å². The molecule has 5 heteroatoms. The van der Waals surface area contributed by atoms with Crippen LogP contribution in [0.5, 0.6) is 0 Å². The zero-order valence-electron chi connectivity index (χ0n) is 11.1. The van der Waals surface area contributed by atoms with Crippen LogP contribution in [0.4, 0.5) is 0 Å². The smallest absolute Gasteiger partial charge is 0.223 e. The van der Waals surface area contributed by atoms with Crippen LogP contribution in [0, 0.1) is 5.92 Å². The summed E-state index contributed by atoms with van der Waals surface area (Å²) < 4.78 is 5.31. The summed E-state index contributed by atoms with van der Waals surface area (Å²) in [6.45, 7) is 7.58. The number of ether oxygens (including phenoxy) is 1. The van der Waals surface area contributed by atoms with Crippen molar-refractivity contribution in [3.63, 3.8) is 0 Å². The van der Waals surface area contributed by atoms with Gasteiger partial charge in [0.2, 0.25) is 5.91 Å². The second kappa shape index (κ2) is 7.71. The molecule has 1 amide bonds. The highest BCUT2D eigenvalue weighted by Gasteiger charge is 2.20. The second-order valence-corrected chi connectivity index (χ2v) is 5.12. The van der Waals surface area contributed by atoms with Gasteiger partial charge < -0.3 is 15.4 Å². The zero-order chi connectivity index (χ0) is 12.6. The van der Waals surface area contributed by atoms with E-state index in [2.05, 4.69) is 15.5 Å². The first-order valence-electron chi connectivity index (χ1n) is 7.15. The van der Waals surface area contributed by atoms with E-state index in [0.29, 0.717) is 0 Å². The summed E-state index contributed by atoms with van der Waals surface area (Å²) in [6, 6.07) is 0. The predicted octanol–water partition coefficient (Wildman–Crippen LogP) is -0.175. The average Bonchev–Trinajstić information content (AvgIpc) is 2.45. The van der Waals surface area contributed by atoms with Crippen molar-refractivity contribution in [3.8, 4) is 0 Å². The minimum atomic E-state index is 0.231. The number of hydrogen-bond donors (Lipinski definition) is 2. The Labute approximate surface area is 109 Å². The third-order valence-corrected chi connectivity index (χ3v) is 3.76. The Morgan fingerprint density at radius 1 is 1.28 bits per heavy atom. The first-order chi connectivity index (χ1) is 8.86. The lowest BCUT2D eigenvalue weighted by molar-refractivity contribution is -0.125. The maximum Gasteiger partial charge on any atom is 0.223 e. The van der Waals surface area contributed by atoms with Gasteiger partial charge >= 0.3 is 0 Å². The molecule has 2 aliphatic heterocycles. The van der Waals surface area contributed by atoms with Gasteiger partial charge in [-0.2, -0.15) is 0 Å². The van der Waals surface area contributed by atoms with Gasteiger partial charge in [0, 0.05) is 25.6 Å². The molecule has 2 rings (SSSR count). The number of amides is 1. The Bertz CT molecular complexity index is 249. The Balaban J connectivity index is 1.52. The van der Waals surface area contributed by atoms with E-state index >= 15 is 0 Å². The van der Waals surface area contributed by atoms with E-state index < -0.39 is 0 Å². The molecule has 2 aliphatic rings. The molecule has 0 unspecified atom stereocenters. The van der Waals surface area contributed by atoms with Crippen LogP contribution in [0.3, 0.4) is 0 Å². The highest BCUT2D eigenvalue weighted by molar-refractivity contribution is 5.78. The van der Waals surface area contributed by atoms with E-state index in [0.717, 1.165) is 71.7 Å². The SMILES string of the molecule is O=C(NCCCN1CCOCC1)C1CCNCC1. The minimum absolute atomic E-state index is 0.231. The third-order valence-electron chi connectivity index (χ3n) is 3.76. The van der Waals surface area contributed by atoms with Crippen molar-refractivity contribution in [2.45, 2.75) is 19.3 Å². The largest absolute Gasteiger partial charge is 0.379 e. The van der Waals surface area contributed by atoms with Crippen molar-refractivity contribution in [1.82, 2.24) is 15.5 Å². The van der Waals surface area contributed by atoms with Crippen LogP contribution in [-0.4, -0.2) is 63.3 Å². The molecule has 0 bridgehead atoms. The Hall–Kier alpha value is -0.650. The molecule has 104 valence electrons. The molecule has 5 nitrogen and oxygen atoms in total. The molecule has 0 aromatic carbocycles. The topological polar surface area (TPSA) is 53.6 Å². The van der Waals surface area contributed by atoms with Crippen LogP contribution in [0.15, 0.2) is 0 Å². The van der Waals surface area contributed by atoms with E-state index in [9.17, 15) is 4.79 Å². The fourth-order valence-corrected chi connectivity index (χ4v) is 2.57. The lowest BCUT2D eigenvalue weighted by atomic mass is 9.97. The van der Waals surface area contributed by atoms with E-state index in [-0.39, 0.29) is 11.8 Å². The summed E-state index contributed by atoms with van der Waals surface area (Å²) in [6.07, 6.45) is 3.00. The molecular formula is C13H25N3O2. The number of nitrogens with zero attached hydrogens (tertiary/aromatic N) is 1. The van der Waals surface area contributed by atoms with Crippen LogP contribution in [-0.2, 0) is 9.53 Å². The van der Waals surface area contributed by atoms with Crippen molar-refractivity contribution in [3.05, 3.63) is 0 Å². The molecule has 0 aromatic heterocycles. The normalized spacial score (nSPS) is 22.9. The lowest BCUT2D eigenvalue weighted by Gasteiger charge is -2.26. The second-order valence-electron chi connectivity index (χ2n) is 5.12. The number of morpholine rings is 1. The van der Waals surface area contributed by atoms with E-state index in [1.807, 2.05) is 0 Å². The molecule has 18 heavy (non-hydrogen) atoms. The fourth-order valence-electron chi connectivity index (χ4n) is 2.57. The summed E-state index contributed by atoms with van der Waals surface area (Å²) >= 11 is 0. The van der Waals surface area contributed by atoms with Gasteiger partial charge in [0.25, 0.3) is 0 Å². The highest BCUT2D eigenvalue weighted by Crippen LogP contribution is 2.11. The summed E-state index contributed by atoms with van der Waals surface area (Å²) in [7, 11) is 0. The van der Waals surface area contributed by atoms with Crippen molar-refractivity contribution >= 4 is 5.91 Å². The standard InChI is InChI=1S/C13H25N3O2/c17-13(12-2-5-14-6-3-12)15-4-1-7-16-8-10-18-11-9-16/h12,14H,1-11H2,(H,15,17). The third kappa shape index (κ3) is 4.55. The maximum absolute atomic E-state index is 11.9. The number of hydrogen-bond acceptors (Lipinski definition) is 4. The summed E-state index contributed by atoms with van der Waals surface area (Å²) in [5.74, 6) is 0.480.